The van der Waals surface area contributed by atoms with Crippen LogP contribution < -0.4 is 10.1 Å². The average molecular weight is 351 g/mol. The van der Waals surface area contributed by atoms with E-state index in [0.717, 1.165) is 5.56 Å². The highest BCUT2D eigenvalue weighted by Gasteiger charge is 2.12. The van der Waals surface area contributed by atoms with Crippen molar-refractivity contribution in [3.8, 4) is 28.8 Å². The number of benzene rings is 2. The molecule has 0 aliphatic carbocycles. The van der Waals surface area contributed by atoms with Crippen LogP contribution in [0, 0.1) is 11.3 Å². The second-order valence-electron chi connectivity index (χ2n) is 5.07. The van der Waals surface area contributed by atoms with E-state index < -0.39 is 0 Å². The fraction of sp³-hybridized carbons (Fsp3) is 0.0556. The zero-order valence-electron chi connectivity index (χ0n) is 13.2. The molecule has 124 valence electrons. The van der Waals surface area contributed by atoms with E-state index in [4.69, 9.17) is 10.00 Å². The van der Waals surface area contributed by atoms with Gasteiger partial charge < -0.3 is 9.84 Å². The van der Waals surface area contributed by atoms with Crippen LogP contribution >= 0.6 is 11.3 Å². The van der Waals surface area contributed by atoms with Gasteiger partial charge in [-0.05, 0) is 30.3 Å². The Hall–Kier alpha value is -3.37. The summed E-state index contributed by atoms with van der Waals surface area (Å²) in [6.07, 6.45) is 0. The number of nitriles is 1. The summed E-state index contributed by atoms with van der Waals surface area (Å²) in [6.45, 7) is 0. The number of nitrogens with one attached hydrogen (secondary N) is 1. The van der Waals surface area contributed by atoms with Gasteiger partial charge in [0.15, 0.2) is 16.6 Å². The van der Waals surface area contributed by atoms with Crippen LogP contribution in [0.2, 0.25) is 0 Å². The molecule has 0 aliphatic rings. The third-order valence-corrected chi connectivity index (χ3v) is 4.23. The molecule has 7 heteroatoms. The smallest absolute Gasteiger partial charge is 0.257 e. The maximum Gasteiger partial charge on any atom is 0.257 e. The maximum atomic E-state index is 12.3. The minimum atomic E-state index is -0.348. The van der Waals surface area contributed by atoms with Crippen LogP contribution in [0.15, 0.2) is 47.8 Å². The number of carbonyl (C=O) groups is 1. The number of rotatable bonds is 4. The molecule has 0 spiro atoms. The van der Waals surface area contributed by atoms with E-state index in [2.05, 4.69) is 16.4 Å². The number of aromatic hydroxyl groups is 1. The van der Waals surface area contributed by atoms with Crippen molar-refractivity contribution in [1.82, 2.24) is 4.98 Å². The fourth-order valence-electron chi connectivity index (χ4n) is 2.17. The summed E-state index contributed by atoms with van der Waals surface area (Å²) >= 11 is 1.30. The van der Waals surface area contributed by atoms with E-state index in [1.807, 2.05) is 17.5 Å². The molecule has 25 heavy (non-hydrogen) atoms. The summed E-state index contributed by atoms with van der Waals surface area (Å²) in [5.74, 6) is -0.152. The molecule has 0 unspecified atom stereocenters. The topological polar surface area (TPSA) is 95.2 Å². The van der Waals surface area contributed by atoms with E-state index in [1.54, 1.807) is 12.1 Å². The first-order valence-corrected chi connectivity index (χ1v) is 8.13. The van der Waals surface area contributed by atoms with Crippen molar-refractivity contribution in [2.45, 2.75) is 0 Å². The molecular weight excluding hydrogens is 338 g/mol. The molecular formula is C18H13N3O3S. The Labute approximate surface area is 148 Å². The number of aromatic nitrogens is 1. The minimum absolute atomic E-state index is 0.0311. The molecule has 0 radical (unpaired) electrons. The maximum absolute atomic E-state index is 12.3. The van der Waals surface area contributed by atoms with E-state index in [1.165, 1.54) is 36.6 Å². The van der Waals surface area contributed by atoms with E-state index >= 15 is 0 Å². The Morgan fingerprint density at radius 1 is 1.28 bits per heavy atom. The summed E-state index contributed by atoms with van der Waals surface area (Å²) in [7, 11) is 1.42. The van der Waals surface area contributed by atoms with Crippen LogP contribution in [-0.2, 0) is 0 Å². The predicted molar refractivity (Wildman–Crippen MR) is 94.9 cm³/mol. The number of anilines is 1. The van der Waals surface area contributed by atoms with Gasteiger partial charge in [0.05, 0.1) is 24.4 Å². The van der Waals surface area contributed by atoms with Gasteiger partial charge in [0, 0.05) is 16.5 Å². The van der Waals surface area contributed by atoms with Gasteiger partial charge in [-0.15, -0.1) is 11.3 Å². The summed E-state index contributed by atoms with van der Waals surface area (Å²) < 4.78 is 5.00. The normalized spacial score (nSPS) is 10.1. The lowest BCUT2D eigenvalue weighted by Crippen LogP contribution is -2.11. The van der Waals surface area contributed by atoms with Gasteiger partial charge >= 0.3 is 0 Å². The average Bonchev–Trinajstić information content (AvgIpc) is 3.10. The van der Waals surface area contributed by atoms with Crippen LogP contribution in [-0.4, -0.2) is 23.1 Å². The summed E-state index contributed by atoms with van der Waals surface area (Å²) in [4.78, 5) is 16.7. The first-order chi connectivity index (χ1) is 12.1. The second kappa shape index (κ2) is 7.03. The number of phenolic OH excluding ortho intramolecular Hbond substituents is 1. The lowest BCUT2D eigenvalue weighted by Gasteiger charge is -2.06. The number of hydrogen-bond acceptors (Lipinski definition) is 6. The standard InChI is InChI=1S/C18H13N3O3S/c1-24-16-8-13(6-7-15(16)22)17(23)21-18-20-14(10-25-18)12-4-2-11(9-19)3-5-12/h2-8,10,22H,1H3,(H,20,21,23). The first kappa shape index (κ1) is 16.5. The largest absolute Gasteiger partial charge is 0.504 e. The molecule has 2 N–H and O–H groups in total. The van der Waals surface area contributed by atoms with Crippen LogP contribution in [0.3, 0.4) is 0 Å². The van der Waals surface area contributed by atoms with Crippen molar-refractivity contribution in [2.24, 2.45) is 0 Å². The fourth-order valence-corrected chi connectivity index (χ4v) is 2.88. The zero-order valence-corrected chi connectivity index (χ0v) is 14.0. The SMILES string of the molecule is COc1cc(C(=O)Nc2nc(-c3ccc(C#N)cc3)cs2)ccc1O. The van der Waals surface area contributed by atoms with Crippen molar-refractivity contribution in [3.05, 3.63) is 59.0 Å². The molecule has 0 saturated heterocycles. The van der Waals surface area contributed by atoms with Crippen molar-refractivity contribution in [3.63, 3.8) is 0 Å². The van der Waals surface area contributed by atoms with Crippen molar-refractivity contribution in [2.75, 3.05) is 12.4 Å². The van der Waals surface area contributed by atoms with Gasteiger partial charge in [0.2, 0.25) is 0 Å². The number of carbonyl (C=O) groups excluding carboxylic acids is 1. The molecule has 0 atom stereocenters. The number of thiazole rings is 1. The summed E-state index contributed by atoms with van der Waals surface area (Å²) in [5.41, 5.74) is 2.51. The van der Waals surface area contributed by atoms with Gasteiger partial charge in [-0.3, -0.25) is 10.1 Å². The van der Waals surface area contributed by atoms with Crippen molar-refractivity contribution in [1.29, 1.82) is 5.26 Å². The number of amides is 1. The molecule has 0 fully saturated rings. The van der Waals surface area contributed by atoms with Crippen molar-refractivity contribution < 1.29 is 14.6 Å². The molecule has 1 heterocycles. The van der Waals surface area contributed by atoms with Crippen LogP contribution in [0.1, 0.15) is 15.9 Å². The lowest BCUT2D eigenvalue weighted by molar-refractivity contribution is 0.102. The number of phenols is 1. The summed E-state index contributed by atoms with van der Waals surface area (Å²) in [6, 6.07) is 13.5. The molecule has 6 nitrogen and oxygen atoms in total. The summed E-state index contributed by atoms with van der Waals surface area (Å²) in [5, 5.41) is 23.4. The third-order valence-electron chi connectivity index (χ3n) is 3.48. The van der Waals surface area contributed by atoms with Gasteiger partial charge in [0.1, 0.15) is 0 Å². The highest BCUT2D eigenvalue weighted by atomic mass is 32.1. The Morgan fingerprint density at radius 2 is 2.04 bits per heavy atom. The molecule has 2 aromatic carbocycles. The van der Waals surface area contributed by atoms with E-state index in [0.29, 0.717) is 22.0 Å². The monoisotopic (exact) mass is 351 g/mol. The molecule has 0 saturated carbocycles. The quantitative estimate of drug-likeness (QED) is 0.748. The number of methoxy groups -OCH3 is 1. The molecule has 0 aliphatic heterocycles. The van der Waals surface area contributed by atoms with Crippen LogP contribution in [0.5, 0.6) is 11.5 Å². The second-order valence-corrected chi connectivity index (χ2v) is 5.93. The van der Waals surface area contributed by atoms with E-state index in [9.17, 15) is 9.90 Å². The Bertz CT molecular complexity index is 958. The van der Waals surface area contributed by atoms with Crippen molar-refractivity contribution >= 4 is 22.4 Å². The van der Waals surface area contributed by atoms with Gasteiger partial charge in [-0.2, -0.15) is 5.26 Å². The highest BCUT2D eigenvalue weighted by Crippen LogP contribution is 2.28. The minimum Gasteiger partial charge on any atom is -0.504 e. The first-order valence-electron chi connectivity index (χ1n) is 7.25. The van der Waals surface area contributed by atoms with Crippen LogP contribution in [0.25, 0.3) is 11.3 Å². The molecule has 0 bridgehead atoms. The number of nitrogens with zero attached hydrogens (tertiary/aromatic N) is 2. The van der Waals surface area contributed by atoms with Crippen LogP contribution in [0.4, 0.5) is 5.13 Å². The highest BCUT2D eigenvalue weighted by molar-refractivity contribution is 7.14. The molecule has 3 rings (SSSR count). The lowest BCUT2D eigenvalue weighted by atomic mass is 10.1. The Morgan fingerprint density at radius 3 is 2.72 bits per heavy atom. The Balaban J connectivity index is 1.76. The predicted octanol–water partition coefficient (Wildman–Crippen LogP) is 3.65. The third kappa shape index (κ3) is 3.59. The number of hydrogen-bond donors (Lipinski definition) is 2. The number of ether oxygens (including phenoxy) is 1. The van der Waals surface area contributed by atoms with Gasteiger partial charge in [-0.25, -0.2) is 4.98 Å². The molecule has 3 aromatic rings. The molecule has 1 aromatic heterocycles. The van der Waals surface area contributed by atoms with Gasteiger partial charge in [0.25, 0.3) is 5.91 Å². The van der Waals surface area contributed by atoms with Gasteiger partial charge in [-0.1, -0.05) is 12.1 Å². The van der Waals surface area contributed by atoms with E-state index in [-0.39, 0.29) is 17.4 Å². The Kier molecular flexibility index (Phi) is 4.64. The molecule has 1 amide bonds. The zero-order chi connectivity index (χ0) is 17.8.